The molecule has 1 saturated heterocycles. The van der Waals surface area contributed by atoms with E-state index < -0.39 is 0 Å². The number of hydrogen-bond donors (Lipinski definition) is 1. The van der Waals surface area contributed by atoms with Gasteiger partial charge < -0.3 is 5.32 Å². The molecule has 1 radical (unpaired) electrons. The molecule has 1 rings (SSSR count). The number of hydrogen-bond acceptors (Lipinski definition) is 1. The minimum absolute atomic E-state index is 0.525. The summed E-state index contributed by atoms with van der Waals surface area (Å²) in [7, 11) is 0. The van der Waals surface area contributed by atoms with Gasteiger partial charge in [-0.1, -0.05) is 12.8 Å². The van der Waals surface area contributed by atoms with E-state index >= 15 is 0 Å². The molecule has 0 bridgehead atoms. The van der Waals surface area contributed by atoms with E-state index in [0.29, 0.717) is 6.04 Å². The third-order valence-corrected chi connectivity index (χ3v) is 1.66. The summed E-state index contributed by atoms with van der Waals surface area (Å²) in [4.78, 5) is 0. The molecule has 1 N–H and O–H groups in total. The third-order valence-electron chi connectivity index (χ3n) is 1.66. The summed E-state index contributed by atoms with van der Waals surface area (Å²) in [6, 6.07) is 0.525. The van der Waals surface area contributed by atoms with Crippen LogP contribution < -0.4 is 5.32 Å². The van der Waals surface area contributed by atoms with Crippen LogP contribution in [0.15, 0.2) is 0 Å². The van der Waals surface area contributed by atoms with Crippen LogP contribution in [-0.4, -0.2) is 12.6 Å². The van der Waals surface area contributed by atoms with Gasteiger partial charge in [0.25, 0.3) is 0 Å². The first-order chi connectivity index (χ1) is 3.89. The molecule has 1 fully saturated rings. The normalized spacial score (nSPS) is 31.9. The smallest absolute Gasteiger partial charge is 0.00676 e. The molecule has 8 heavy (non-hydrogen) atoms. The maximum Gasteiger partial charge on any atom is 0.00676 e. The molecule has 1 aliphatic rings. The Kier molecular flexibility index (Phi) is 2.34. The van der Waals surface area contributed by atoms with Crippen molar-refractivity contribution in [2.75, 3.05) is 6.54 Å². The summed E-state index contributed by atoms with van der Waals surface area (Å²) < 4.78 is 0. The zero-order valence-corrected chi connectivity index (χ0v) is 5.32. The summed E-state index contributed by atoms with van der Waals surface area (Å²) in [6.45, 7) is 5.12. The summed E-state index contributed by atoms with van der Waals surface area (Å²) >= 11 is 0. The van der Waals surface area contributed by atoms with Crippen molar-refractivity contribution in [2.24, 2.45) is 0 Å². The fraction of sp³-hybridized carbons (Fsp3) is 0.857. The van der Waals surface area contributed by atoms with E-state index in [1.807, 2.05) is 0 Å². The number of rotatable bonds is 0. The van der Waals surface area contributed by atoms with Crippen molar-refractivity contribution in [3.63, 3.8) is 0 Å². The Morgan fingerprint density at radius 1 is 1.25 bits per heavy atom. The van der Waals surface area contributed by atoms with Crippen LogP contribution in [0.4, 0.5) is 0 Å². The zero-order valence-electron chi connectivity index (χ0n) is 5.32. The van der Waals surface area contributed by atoms with Crippen molar-refractivity contribution in [3.05, 3.63) is 6.92 Å². The molecule has 0 amide bonds. The average molecular weight is 112 g/mol. The van der Waals surface area contributed by atoms with Crippen LogP contribution in [0.25, 0.3) is 0 Å². The van der Waals surface area contributed by atoms with Crippen LogP contribution in [-0.2, 0) is 0 Å². The van der Waals surface area contributed by atoms with Gasteiger partial charge in [0, 0.05) is 6.04 Å². The van der Waals surface area contributed by atoms with E-state index in [9.17, 15) is 0 Å². The summed E-state index contributed by atoms with van der Waals surface area (Å²) in [5.74, 6) is 0. The van der Waals surface area contributed by atoms with Crippen LogP contribution in [0.3, 0.4) is 0 Å². The maximum absolute atomic E-state index is 3.95. The molecule has 0 unspecified atom stereocenters. The van der Waals surface area contributed by atoms with Crippen LogP contribution in [0.1, 0.15) is 25.7 Å². The Labute approximate surface area is 51.5 Å². The predicted octanol–water partition coefficient (Wildman–Crippen LogP) is 1.35. The van der Waals surface area contributed by atoms with Crippen LogP contribution >= 0.6 is 0 Å². The average Bonchev–Trinajstić information content (AvgIpc) is 1.94. The Morgan fingerprint density at radius 3 is 3.00 bits per heavy atom. The monoisotopic (exact) mass is 112 g/mol. The van der Waals surface area contributed by atoms with Crippen molar-refractivity contribution in [3.8, 4) is 0 Å². The van der Waals surface area contributed by atoms with E-state index in [0.717, 1.165) is 0 Å². The van der Waals surface area contributed by atoms with E-state index in [-0.39, 0.29) is 0 Å². The molecule has 47 valence electrons. The summed E-state index contributed by atoms with van der Waals surface area (Å²) in [5, 5.41) is 3.33. The SMILES string of the molecule is [CH2][C@@H]1CCCCCN1. The fourth-order valence-corrected chi connectivity index (χ4v) is 1.10. The molecule has 1 aliphatic heterocycles. The van der Waals surface area contributed by atoms with E-state index in [1.54, 1.807) is 0 Å². The van der Waals surface area contributed by atoms with Gasteiger partial charge in [-0.05, 0) is 26.3 Å². The quantitative estimate of drug-likeness (QED) is 0.499. The Morgan fingerprint density at radius 2 is 2.12 bits per heavy atom. The highest BCUT2D eigenvalue weighted by Crippen LogP contribution is 2.06. The second-order valence-corrected chi connectivity index (χ2v) is 2.50. The molecule has 1 atom stereocenters. The molecule has 0 aromatic heterocycles. The minimum atomic E-state index is 0.525. The van der Waals surface area contributed by atoms with Gasteiger partial charge in [-0.15, -0.1) is 0 Å². The molecule has 0 spiro atoms. The Hall–Kier alpha value is -0.0400. The van der Waals surface area contributed by atoms with Gasteiger partial charge >= 0.3 is 0 Å². The lowest BCUT2D eigenvalue weighted by Crippen LogP contribution is -2.24. The zero-order chi connectivity index (χ0) is 5.82. The molecule has 1 heterocycles. The molecule has 0 aliphatic carbocycles. The van der Waals surface area contributed by atoms with Gasteiger partial charge in [0.2, 0.25) is 0 Å². The first-order valence-electron chi connectivity index (χ1n) is 3.46. The second-order valence-electron chi connectivity index (χ2n) is 2.50. The highest BCUT2D eigenvalue weighted by molar-refractivity contribution is 4.71. The van der Waals surface area contributed by atoms with E-state index in [4.69, 9.17) is 0 Å². The van der Waals surface area contributed by atoms with Gasteiger partial charge in [0.15, 0.2) is 0 Å². The fourth-order valence-electron chi connectivity index (χ4n) is 1.10. The standard InChI is InChI=1S/C7H14N/c1-7-5-3-2-4-6-8-7/h7-8H,1-6H2/t7-/m1/s1. The lowest BCUT2D eigenvalue weighted by atomic mass is 10.1. The Bertz CT molecular complexity index is 53.4. The topological polar surface area (TPSA) is 12.0 Å². The molecule has 1 heteroatoms. The summed E-state index contributed by atoms with van der Waals surface area (Å²) in [6.07, 6.45) is 5.35. The van der Waals surface area contributed by atoms with Gasteiger partial charge in [0.05, 0.1) is 0 Å². The van der Waals surface area contributed by atoms with Crippen molar-refractivity contribution in [1.29, 1.82) is 0 Å². The molecule has 0 aromatic carbocycles. The van der Waals surface area contributed by atoms with Crippen molar-refractivity contribution in [2.45, 2.75) is 31.7 Å². The first-order valence-corrected chi connectivity index (χ1v) is 3.46. The van der Waals surface area contributed by atoms with Gasteiger partial charge in [0.1, 0.15) is 0 Å². The minimum Gasteiger partial charge on any atom is -0.314 e. The summed E-state index contributed by atoms with van der Waals surface area (Å²) in [5.41, 5.74) is 0. The van der Waals surface area contributed by atoms with Crippen LogP contribution in [0, 0.1) is 6.92 Å². The van der Waals surface area contributed by atoms with Crippen molar-refractivity contribution >= 4 is 0 Å². The van der Waals surface area contributed by atoms with Crippen LogP contribution in [0.2, 0.25) is 0 Å². The molecule has 0 aromatic rings. The lowest BCUT2D eigenvalue weighted by molar-refractivity contribution is 0.594. The highest BCUT2D eigenvalue weighted by atomic mass is 14.9. The Balaban J connectivity index is 2.17. The largest absolute Gasteiger partial charge is 0.314 e. The van der Waals surface area contributed by atoms with E-state index in [2.05, 4.69) is 12.2 Å². The molecular formula is C7H14N. The van der Waals surface area contributed by atoms with Crippen molar-refractivity contribution in [1.82, 2.24) is 5.32 Å². The maximum atomic E-state index is 3.95. The first kappa shape index (κ1) is 6.09. The predicted molar refractivity (Wildman–Crippen MR) is 35.6 cm³/mol. The van der Waals surface area contributed by atoms with Crippen LogP contribution in [0.5, 0.6) is 0 Å². The van der Waals surface area contributed by atoms with Gasteiger partial charge in [-0.25, -0.2) is 0 Å². The van der Waals surface area contributed by atoms with Crippen molar-refractivity contribution < 1.29 is 0 Å². The van der Waals surface area contributed by atoms with Gasteiger partial charge in [-0.2, -0.15) is 0 Å². The third kappa shape index (κ3) is 1.83. The lowest BCUT2D eigenvalue weighted by Gasteiger charge is -2.06. The van der Waals surface area contributed by atoms with E-state index in [1.165, 1.54) is 32.2 Å². The molecular weight excluding hydrogens is 98.1 g/mol. The molecule has 1 nitrogen and oxygen atoms in total. The molecule has 0 saturated carbocycles. The number of nitrogens with one attached hydrogen (secondary N) is 1. The second kappa shape index (κ2) is 3.08. The highest BCUT2D eigenvalue weighted by Gasteiger charge is 2.03. The van der Waals surface area contributed by atoms with Gasteiger partial charge in [-0.3, -0.25) is 0 Å².